The van der Waals surface area contributed by atoms with Crippen molar-refractivity contribution in [1.29, 1.82) is 0 Å². The van der Waals surface area contributed by atoms with E-state index in [2.05, 4.69) is 41.8 Å². The van der Waals surface area contributed by atoms with Crippen molar-refractivity contribution in [2.75, 3.05) is 13.1 Å². The highest BCUT2D eigenvalue weighted by Gasteiger charge is 2.10. The van der Waals surface area contributed by atoms with E-state index in [1.54, 1.807) is 0 Å². The molecule has 0 spiro atoms. The highest BCUT2D eigenvalue weighted by Crippen LogP contribution is 2.19. The van der Waals surface area contributed by atoms with Crippen LogP contribution in [-0.4, -0.2) is 19.0 Å². The van der Waals surface area contributed by atoms with Gasteiger partial charge in [-0.2, -0.15) is 0 Å². The number of carbonyl (C=O) groups is 1. The van der Waals surface area contributed by atoms with Gasteiger partial charge in [0.1, 0.15) is 0 Å². The predicted octanol–water partition coefficient (Wildman–Crippen LogP) is 3.42. The second-order valence-electron chi connectivity index (χ2n) is 5.12. The summed E-state index contributed by atoms with van der Waals surface area (Å²) < 4.78 is 0. The van der Waals surface area contributed by atoms with Crippen molar-refractivity contribution in [3.8, 4) is 0 Å². The lowest BCUT2D eigenvalue weighted by molar-refractivity contribution is -0.120. The lowest BCUT2D eigenvalue weighted by Gasteiger charge is -2.19. The Labute approximate surface area is 123 Å². The zero-order valence-electron chi connectivity index (χ0n) is 12.8. The third-order valence-electron chi connectivity index (χ3n) is 3.42. The molecule has 0 aliphatic carbocycles. The molecule has 0 saturated heterocycles. The number of carbonyl (C=O) groups excluding carboxylic acids is 1. The average molecular weight is 276 g/mol. The van der Waals surface area contributed by atoms with E-state index < -0.39 is 0 Å². The van der Waals surface area contributed by atoms with Crippen molar-refractivity contribution in [3.05, 3.63) is 35.9 Å². The highest BCUT2D eigenvalue weighted by atomic mass is 16.1. The van der Waals surface area contributed by atoms with Gasteiger partial charge in [0.15, 0.2) is 0 Å². The molecule has 0 heterocycles. The molecule has 1 amide bonds. The summed E-state index contributed by atoms with van der Waals surface area (Å²) in [6.45, 7) is 5.61. The van der Waals surface area contributed by atoms with E-state index in [0.29, 0.717) is 19.0 Å². The van der Waals surface area contributed by atoms with Crippen LogP contribution in [0.25, 0.3) is 0 Å². The first-order valence-corrected chi connectivity index (χ1v) is 7.83. The molecule has 0 aromatic heterocycles. The number of hydrogen-bond acceptors (Lipinski definition) is 2. The molecule has 1 aromatic rings. The van der Waals surface area contributed by atoms with E-state index in [4.69, 9.17) is 0 Å². The van der Waals surface area contributed by atoms with E-state index in [-0.39, 0.29) is 5.91 Å². The van der Waals surface area contributed by atoms with Crippen molar-refractivity contribution in [1.82, 2.24) is 10.6 Å². The molecular formula is C17H28N2O. The Balaban J connectivity index is 2.44. The van der Waals surface area contributed by atoms with Crippen LogP contribution in [0.4, 0.5) is 0 Å². The molecule has 20 heavy (non-hydrogen) atoms. The van der Waals surface area contributed by atoms with Gasteiger partial charge in [0, 0.05) is 25.6 Å². The van der Waals surface area contributed by atoms with Gasteiger partial charge in [-0.05, 0) is 18.9 Å². The van der Waals surface area contributed by atoms with Crippen LogP contribution in [0.3, 0.4) is 0 Å². The molecule has 1 rings (SSSR count). The molecule has 1 unspecified atom stereocenters. The SMILES string of the molecule is CCCCCC(NCCC(=O)NCC)c1ccccc1. The van der Waals surface area contributed by atoms with Crippen molar-refractivity contribution < 1.29 is 4.79 Å². The maximum absolute atomic E-state index is 11.5. The fourth-order valence-electron chi connectivity index (χ4n) is 2.32. The molecule has 0 bridgehead atoms. The summed E-state index contributed by atoms with van der Waals surface area (Å²) in [5.41, 5.74) is 1.32. The molecule has 3 heteroatoms. The number of rotatable bonds is 10. The number of nitrogens with one attached hydrogen (secondary N) is 2. The summed E-state index contributed by atoms with van der Waals surface area (Å²) >= 11 is 0. The van der Waals surface area contributed by atoms with Crippen LogP contribution >= 0.6 is 0 Å². The Kier molecular flexibility index (Phi) is 8.72. The minimum absolute atomic E-state index is 0.125. The van der Waals surface area contributed by atoms with E-state index in [1.807, 2.05) is 13.0 Å². The number of hydrogen-bond donors (Lipinski definition) is 2. The van der Waals surface area contributed by atoms with Crippen molar-refractivity contribution in [3.63, 3.8) is 0 Å². The summed E-state index contributed by atoms with van der Waals surface area (Å²) in [7, 11) is 0. The summed E-state index contributed by atoms with van der Waals surface area (Å²) in [4.78, 5) is 11.5. The molecule has 3 nitrogen and oxygen atoms in total. The van der Waals surface area contributed by atoms with Crippen LogP contribution in [0.15, 0.2) is 30.3 Å². The van der Waals surface area contributed by atoms with Gasteiger partial charge in [0.05, 0.1) is 0 Å². The predicted molar refractivity (Wildman–Crippen MR) is 84.6 cm³/mol. The molecule has 0 saturated carbocycles. The van der Waals surface area contributed by atoms with Crippen LogP contribution in [0.1, 0.15) is 57.6 Å². The molecule has 0 fully saturated rings. The molecule has 0 aliphatic rings. The smallest absolute Gasteiger partial charge is 0.221 e. The minimum atomic E-state index is 0.125. The topological polar surface area (TPSA) is 41.1 Å². The summed E-state index contributed by atoms with van der Waals surface area (Å²) in [6, 6.07) is 10.9. The fourth-order valence-corrected chi connectivity index (χ4v) is 2.32. The Morgan fingerprint density at radius 3 is 2.55 bits per heavy atom. The molecule has 2 N–H and O–H groups in total. The van der Waals surface area contributed by atoms with Gasteiger partial charge in [-0.3, -0.25) is 4.79 Å². The van der Waals surface area contributed by atoms with Crippen molar-refractivity contribution in [2.45, 2.75) is 52.0 Å². The normalized spacial score (nSPS) is 12.1. The number of benzene rings is 1. The Morgan fingerprint density at radius 1 is 1.15 bits per heavy atom. The molecule has 1 atom stereocenters. The van der Waals surface area contributed by atoms with Gasteiger partial charge >= 0.3 is 0 Å². The Hall–Kier alpha value is -1.35. The monoisotopic (exact) mass is 276 g/mol. The minimum Gasteiger partial charge on any atom is -0.356 e. The molecule has 0 radical (unpaired) electrons. The maximum Gasteiger partial charge on any atom is 0.221 e. The summed E-state index contributed by atoms with van der Waals surface area (Å²) in [5, 5.41) is 6.36. The van der Waals surface area contributed by atoms with Crippen LogP contribution in [-0.2, 0) is 4.79 Å². The molecule has 1 aromatic carbocycles. The Bertz CT molecular complexity index is 365. The van der Waals surface area contributed by atoms with Gasteiger partial charge in [0.2, 0.25) is 5.91 Å². The fraction of sp³-hybridized carbons (Fsp3) is 0.588. The first kappa shape index (κ1) is 16.7. The number of amides is 1. The lowest BCUT2D eigenvalue weighted by Crippen LogP contribution is -2.29. The van der Waals surface area contributed by atoms with E-state index in [1.165, 1.54) is 24.8 Å². The second-order valence-corrected chi connectivity index (χ2v) is 5.12. The van der Waals surface area contributed by atoms with E-state index in [0.717, 1.165) is 13.0 Å². The quantitative estimate of drug-likeness (QED) is 0.643. The molecule has 112 valence electrons. The standard InChI is InChI=1S/C17H28N2O/c1-3-5-7-12-16(15-10-8-6-9-11-15)19-14-13-17(20)18-4-2/h6,8-11,16,19H,3-5,7,12-14H2,1-2H3,(H,18,20). The van der Waals surface area contributed by atoms with Gasteiger partial charge in [0.25, 0.3) is 0 Å². The largest absolute Gasteiger partial charge is 0.356 e. The van der Waals surface area contributed by atoms with E-state index >= 15 is 0 Å². The number of unbranched alkanes of at least 4 members (excludes halogenated alkanes) is 2. The summed E-state index contributed by atoms with van der Waals surface area (Å²) in [6.07, 6.45) is 5.41. The summed E-state index contributed by atoms with van der Waals surface area (Å²) in [5.74, 6) is 0.125. The van der Waals surface area contributed by atoms with Gasteiger partial charge in [-0.15, -0.1) is 0 Å². The first-order valence-electron chi connectivity index (χ1n) is 7.83. The third kappa shape index (κ3) is 6.71. The van der Waals surface area contributed by atoms with Gasteiger partial charge in [-0.25, -0.2) is 0 Å². The average Bonchev–Trinajstić information content (AvgIpc) is 2.47. The third-order valence-corrected chi connectivity index (χ3v) is 3.42. The first-order chi connectivity index (χ1) is 9.77. The van der Waals surface area contributed by atoms with Crippen molar-refractivity contribution in [2.24, 2.45) is 0 Å². The zero-order valence-corrected chi connectivity index (χ0v) is 12.8. The van der Waals surface area contributed by atoms with Gasteiger partial charge < -0.3 is 10.6 Å². The van der Waals surface area contributed by atoms with Gasteiger partial charge in [-0.1, -0.05) is 56.5 Å². The second kappa shape index (κ2) is 10.4. The molecular weight excluding hydrogens is 248 g/mol. The Morgan fingerprint density at radius 2 is 1.90 bits per heavy atom. The lowest BCUT2D eigenvalue weighted by atomic mass is 10.0. The maximum atomic E-state index is 11.5. The van der Waals surface area contributed by atoms with Crippen molar-refractivity contribution >= 4 is 5.91 Å². The molecule has 0 aliphatic heterocycles. The van der Waals surface area contributed by atoms with Crippen LogP contribution in [0, 0.1) is 0 Å². The zero-order chi connectivity index (χ0) is 14.6. The van der Waals surface area contributed by atoms with Crippen LogP contribution < -0.4 is 10.6 Å². The highest BCUT2D eigenvalue weighted by molar-refractivity contribution is 5.75. The van der Waals surface area contributed by atoms with Crippen LogP contribution in [0.2, 0.25) is 0 Å². The van der Waals surface area contributed by atoms with Crippen LogP contribution in [0.5, 0.6) is 0 Å². The van der Waals surface area contributed by atoms with E-state index in [9.17, 15) is 4.79 Å².